The SMILES string of the molecule is Cc1cccc(C(=O)O)c1NC(=O)NCCCC(N)=O. The van der Waals surface area contributed by atoms with Gasteiger partial charge >= 0.3 is 12.0 Å². The molecule has 0 aromatic heterocycles. The van der Waals surface area contributed by atoms with Gasteiger partial charge in [0.1, 0.15) is 0 Å². The van der Waals surface area contributed by atoms with Gasteiger partial charge in [0.2, 0.25) is 5.91 Å². The molecule has 0 heterocycles. The van der Waals surface area contributed by atoms with Gasteiger partial charge in [-0.1, -0.05) is 12.1 Å². The Morgan fingerprint density at radius 1 is 1.30 bits per heavy atom. The Hall–Kier alpha value is -2.57. The van der Waals surface area contributed by atoms with E-state index in [0.29, 0.717) is 12.0 Å². The molecule has 7 heteroatoms. The van der Waals surface area contributed by atoms with Crippen LogP contribution in [-0.2, 0) is 4.79 Å². The summed E-state index contributed by atoms with van der Waals surface area (Å²) in [6, 6.07) is 4.20. The highest BCUT2D eigenvalue weighted by Gasteiger charge is 2.14. The number of hydrogen-bond donors (Lipinski definition) is 4. The molecule has 0 bridgehead atoms. The van der Waals surface area contributed by atoms with Crippen molar-refractivity contribution in [1.29, 1.82) is 0 Å². The van der Waals surface area contributed by atoms with Crippen LogP contribution in [0.25, 0.3) is 0 Å². The number of amides is 3. The van der Waals surface area contributed by atoms with Crippen LogP contribution < -0.4 is 16.4 Å². The topological polar surface area (TPSA) is 122 Å². The Labute approximate surface area is 116 Å². The molecular weight excluding hydrogens is 262 g/mol. The van der Waals surface area contributed by atoms with Crippen molar-refractivity contribution in [3.63, 3.8) is 0 Å². The zero-order valence-corrected chi connectivity index (χ0v) is 11.1. The van der Waals surface area contributed by atoms with Crippen LogP contribution in [-0.4, -0.2) is 29.6 Å². The lowest BCUT2D eigenvalue weighted by molar-refractivity contribution is -0.118. The molecule has 1 aromatic rings. The lowest BCUT2D eigenvalue weighted by Crippen LogP contribution is -2.31. The van der Waals surface area contributed by atoms with Gasteiger partial charge in [-0.25, -0.2) is 9.59 Å². The van der Waals surface area contributed by atoms with Crippen molar-refractivity contribution in [3.8, 4) is 0 Å². The van der Waals surface area contributed by atoms with Crippen molar-refractivity contribution < 1.29 is 19.5 Å². The number of nitrogens with one attached hydrogen (secondary N) is 2. The maximum absolute atomic E-state index is 11.7. The van der Waals surface area contributed by atoms with Crippen molar-refractivity contribution >= 4 is 23.6 Å². The minimum Gasteiger partial charge on any atom is -0.478 e. The number of rotatable bonds is 6. The Morgan fingerprint density at radius 3 is 2.60 bits per heavy atom. The number of nitrogens with two attached hydrogens (primary N) is 1. The van der Waals surface area contributed by atoms with Crippen molar-refractivity contribution in [1.82, 2.24) is 5.32 Å². The largest absolute Gasteiger partial charge is 0.478 e. The number of anilines is 1. The van der Waals surface area contributed by atoms with E-state index < -0.39 is 17.9 Å². The number of carbonyl (C=O) groups is 3. The highest BCUT2D eigenvalue weighted by molar-refractivity contribution is 6.00. The minimum atomic E-state index is -1.11. The fraction of sp³-hybridized carbons (Fsp3) is 0.308. The van der Waals surface area contributed by atoms with E-state index in [1.807, 2.05) is 0 Å². The van der Waals surface area contributed by atoms with Crippen LogP contribution in [0.3, 0.4) is 0 Å². The van der Waals surface area contributed by atoms with Gasteiger partial charge in [0.25, 0.3) is 0 Å². The summed E-state index contributed by atoms with van der Waals surface area (Å²) < 4.78 is 0. The van der Waals surface area contributed by atoms with Crippen molar-refractivity contribution in [2.75, 3.05) is 11.9 Å². The van der Waals surface area contributed by atoms with E-state index in [4.69, 9.17) is 10.8 Å². The number of para-hydroxylation sites is 1. The van der Waals surface area contributed by atoms with Crippen LogP contribution in [0.15, 0.2) is 18.2 Å². The van der Waals surface area contributed by atoms with E-state index in [0.717, 1.165) is 0 Å². The lowest BCUT2D eigenvalue weighted by atomic mass is 10.1. The summed E-state index contributed by atoms with van der Waals surface area (Å²) >= 11 is 0. The molecule has 0 unspecified atom stereocenters. The number of carbonyl (C=O) groups excluding carboxylic acids is 2. The Morgan fingerprint density at radius 2 is 2.00 bits per heavy atom. The van der Waals surface area contributed by atoms with Crippen LogP contribution in [0.4, 0.5) is 10.5 Å². The minimum absolute atomic E-state index is 0.0253. The predicted octanol–water partition coefficient (Wildman–Crippen LogP) is 1.08. The molecule has 1 rings (SSSR count). The monoisotopic (exact) mass is 279 g/mol. The van der Waals surface area contributed by atoms with E-state index >= 15 is 0 Å². The third-order valence-corrected chi connectivity index (χ3v) is 2.63. The molecule has 20 heavy (non-hydrogen) atoms. The standard InChI is InChI=1S/C13H17N3O4/c1-8-4-2-5-9(12(18)19)11(8)16-13(20)15-7-3-6-10(14)17/h2,4-5H,3,6-7H2,1H3,(H2,14,17)(H,18,19)(H2,15,16,20). The van der Waals surface area contributed by atoms with Gasteiger partial charge in [0, 0.05) is 13.0 Å². The highest BCUT2D eigenvalue weighted by atomic mass is 16.4. The van der Waals surface area contributed by atoms with E-state index in [-0.39, 0.29) is 24.2 Å². The zero-order chi connectivity index (χ0) is 15.1. The number of primary amides is 1. The number of benzene rings is 1. The first-order valence-electron chi connectivity index (χ1n) is 6.08. The molecule has 108 valence electrons. The van der Waals surface area contributed by atoms with Crippen LogP contribution in [0.1, 0.15) is 28.8 Å². The molecule has 0 aliphatic carbocycles. The third kappa shape index (κ3) is 4.60. The second-order valence-corrected chi connectivity index (χ2v) is 4.25. The summed E-state index contributed by atoms with van der Waals surface area (Å²) in [6.07, 6.45) is 0.618. The summed E-state index contributed by atoms with van der Waals surface area (Å²) in [5.41, 5.74) is 5.91. The number of aromatic carboxylic acids is 1. The van der Waals surface area contributed by atoms with Crippen LogP contribution in [0, 0.1) is 6.92 Å². The molecule has 3 amide bonds. The van der Waals surface area contributed by atoms with Crippen LogP contribution in [0.2, 0.25) is 0 Å². The van der Waals surface area contributed by atoms with Gasteiger partial charge in [-0.2, -0.15) is 0 Å². The molecule has 1 aromatic carbocycles. The van der Waals surface area contributed by atoms with Crippen molar-refractivity contribution in [3.05, 3.63) is 29.3 Å². The first-order valence-corrected chi connectivity index (χ1v) is 6.08. The molecular formula is C13H17N3O4. The van der Waals surface area contributed by atoms with E-state index in [1.165, 1.54) is 6.07 Å². The Bertz CT molecular complexity index is 528. The van der Waals surface area contributed by atoms with Gasteiger partial charge in [-0.15, -0.1) is 0 Å². The molecule has 0 aliphatic rings. The first kappa shape index (κ1) is 15.5. The average Bonchev–Trinajstić information content (AvgIpc) is 2.36. The number of aryl methyl sites for hydroxylation is 1. The van der Waals surface area contributed by atoms with Gasteiger partial charge < -0.3 is 21.5 Å². The zero-order valence-electron chi connectivity index (χ0n) is 11.1. The van der Waals surface area contributed by atoms with Gasteiger partial charge in [0.05, 0.1) is 11.3 Å². The number of carboxylic acid groups (broad SMARTS) is 1. The molecule has 0 spiro atoms. The lowest BCUT2D eigenvalue weighted by Gasteiger charge is -2.12. The summed E-state index contributed by atoms with van der Waals surface area (Å²) in [5.74, 6) is -1.54. The molecule has 7 nitrogen and oxygen atoms in total. The fourth-order valence-corrected chi connectivity index (χ4v) is 1.63. The van der Waals surface area contributed by atoms with E-state index in [1.54, 1.807) is 19.1 Å². The normalized spacial score (nSPS) is 9.85. The Balaban J connectivity index is 2.62. The summed E-state index contributed by atoms with van der Waals surface area (Å²) in [4.78, 5) is 33.2. The number of hydrogen-bond acceptors (Lipinski definition) is 3. The fourth-order valence-electron chi connectivity index (χ4n) is 1.63. The van der Waals surface area contributed by atoms with Crippen LogP contribution >= 0.6 is 0 Å². The van der Waals surface area contributed by atoms with Gasteiger partial charge in [-0.3, -0.25) is 4.79 Å². The maximum Gasteiger partial charge on any atom is 0.337 e. The van der Waals surface area contributed by atoms with Gasteiger partial charge in [-0.05, 0) is 25.0 Å². The van der Waals surface area contributed by atoms with Gasteiger partial charge in [0.15, 0.2) is 0 Å². The van der Waals surface area contributed by atoms with E-state index in [2.05, 4.69) is 10.6 Å². The maximum atomic E-state index is 11.7. The average molecular weight is 279 g/mol. The van der Waals surface area contributed by atoms with E-state index in [9.17, 15) is 14.4 Å². The second-order valence-electron chi connectivity index (χ2n) is 4.25. The third-order valence-electron chi connectivity index (χ3n) is 2.63. The molecule has 0 aliphatic heterocycles. The predicted molar refractivity (Wildman–Crippen MR) is 73.6 cm³/mol. The number of carboxylic acids is 1. The molecule has 0 saturated heterocycles. The van der Waals surface area contributed by atoms with Crippen molar-refractivity contribution in [2.24, 2.45) is 5.73 Å². The molecule has 0 fully saturated rings. The molecule has 0 radical (unpaired) electrons. The molecule has 5 N–H and O–H groups in total. The first-order chi connectivity index (χ1) is 9.41. The quantitative estimate of drug-likeness (QED) is 0.582. The smallest absolute Gasteiger partial charge is 0.337 e. The summed E-state index contributed by atoms with van der Waals surface area (Å²) in [7, 11) is 0. The van der Waals surface area contributed by atoms with Crippen LogP contribution in [0.5, 0.6) is 0 Å². The van der Waals surface area contributed by atoms with Crippen molar-refractivity contribution in [2.45, 2.75) is 19.8 Å². The summed E-state index contributed by atoms with van der Waals surface area (Å²) in [6.45, 7) is 1.98. The highest BCUT2D eigenvalue weighted by Crippen LogP contribution is 2.20. The summed E-state index contributed by atoms with van der Waals surface area (Å²) in [5, 5.41) is 14.1. The Kier molecular flexibility index (Phi) is 5.52. The molecule has 0 atom stereocenters. The second kappa shape index (κ2) is 7.13. The molecule has 0 saturated carbocycles. The number of urea groups is 1.